The Morgan fingerprint density at radius 2 is 1.77 bits per heavy atom. The lowest BCUT2D eigenvalue weighted by Gasteiger charge is -2.20. The lowest BCUT2D eigenvalue weighted by atomic mass is 10.1. The Morgan fingerprint density at radius 3 is 2.08 bits per heavy atom. The minimum absolute atomic E-state index is 0.207. The topological polar surface area (TPSA) is 37.4 Å². The van der Waals surface area contributed by atoms with Gasteiger partial charge in [0.15, 0.2) is 0 Å². The molecule has 0 N–H and O–H groups in total. The van der Waals surface area contributed by atoms with Gasteiger partial charge in [-0.3, -0.25) is 0 Å². The van der Waals surface area contributed by atoms with Gasteiger partial charge in [0.25, 0.3) is 0 Å². The largest absolute Gasteiger partial charge is 0.213 e. The van der Waals surface area contributed by atoms with E-state index in [0.717, 1.165) is 6.42 Å². The van der Waals surface area contributed by atoms with Gasteiger partial charge in [0, 0.05) is 13.1 Å². The molecule has 0 spiro atoms. The van der Waals surface area contributed by atoms with E-state index in [1.807, 2.05) is 6.92 Å². The van der Waals surface area contributed by atoms with Crippen LogP contribution in [0.4, 0.5) is 0 Å². The quantitative estimate of drug-likeness (QED) is 0.665. The first kappa shape index (κ1) is 12.9. The summed E-state index contributed by atoms with van der Waals surface area (Å²) in [5, 5.41) is 0. The van der Waals surface area contributed by atoms with Crippen molar-refractivity contribution in [2.45, 2.75) is 34.1 Å². The predicted octanol–water partition coefficient (Wildman–Crippen LogP) is 1.70. The number of sulfonamides is 1. The second-order valence-corrected chi connectivity index (χ2v) is 5.83. The average molecular weight is 207 g/mol. The van der Waals surface area contributed by atoms with Gasteiger partial charge in [-0.2, -0.15) is 0 Å². The van der Waals surface area contributed by atoms with E-state index < -0.39 is 10.0 Å². The highest BCUT2D eigenvalue weighted by atomic mass is 32.2. The van der Waals surface area contributed by atoms with Crippen molar-refractivity contribution in [3.63, 3.8) is 0 Å². The highest BCUT2D eigenvalue weighted by Gasteiger charge is 2.17. The van der Waals surface area contributed by atoms with Crippen molar-refractivity contribution < 1.29 is 8.42 Å². The second-order valence-electron chi connectivity index (χ2n) is 3.57. The van der Waals surface area contributed by atoms with E-state index in [1.165, 1.54) is 0 Å². The van der Waals surface area contributed by atoms with Gasteiger partial charge in [-0.15, -0.1) is 0 Å². The predicted molar refractivity (Wildman–Crippen MR) is 56.2 cm³/mol. The average Bonchev–Trinajstić information content (AvgIpc) is 2.04. The van der Waals surface area contributed by atoms with E-state index in [9.17, 15) is 8.42 Å². The van der Waals surface area contributed by atoms with Gasteiger partial charge < -0.3 is 0 Å². The Bertz CT molecular complexity index is 222. The van der Waals surface area contributed by atoms with Crippen LogP contribution in [0.2, 0.25) is 0 Å². The molecule has 0 heterocycles. The zero-order valence-electron chi connectivity index (χ0n) is 9.08. The molecule has 0 aromatic carbocycles. The third-order valence-corrected chi connectivity index (χ3v) is 4.02. The molecule has 0 rings (SSSR count). The molecule has 0 saturated carbocycles. The molecular formula is C9H21NO2S. The maximum absolute atomic E-state index is 11.5. The first-order valence-corrected chi connectivity index (χ1v) is 6.52. The molecule has 0 aromatic heterocycles. The van der Waals surface area contributed by atoms with Gasteiger partial charge in [-0.1, -0.05) is 20.8 Å². The van der Waals surface area contributed by atoms with Gasteiger partial charge in [0.2, 0.25) is 10.0 Å². The zero-order chi connectivity index (χ0) is 10.5. The first-order chi connectivity index (χ1) is 5.94. The molecule has 0 aliphatic rings. The Labute approximate surface area is 82.2 Å². The Balaban J connectivity index is 4.19. The van der Waals surface area contributed by atoms with Crippen LogP contribution in [0, 0.1) is 5.92 Å². The van der Waals surface area contributed by atoms with E-state index in [-0.39, 0.29) is 5.75 Å². The van der Waals surface area contributed by atoms with E-state index in [2.05, 4.69) is 13.8 Å². The minimum Gasteiger partial charge on any atom is -0.212 e. The van der Waals surface area contributed by atoms with Crippen LogP contribution in [-0.2, 0) is 10.0 Å². The maximum Gasteiger partial charge on any atom is 0.213 e. The van der Waals surface area contributed by atoms with Crippen LogP contribution in [-0.4, -0.2) is 31.6 Å². The molecule has 4 heteroatoms. The Hall–Kier alpha value is -0.0900. The zero-order valence-corrected chi connectivity index (χ0v) is 9.89. The summed E-state index contributed by atoms with van der Waals surface area (Å²) in [5.74, 6) is 0.764. The van der Waals surface area contributed by atoms with Gasteiger partial charge in [0.1, 0.15) is 0 Å². The van der Waals surface area contributed by atoms with Crippen molar-refractivity contribution in [3.05, 3.63) is 0 Å². The molecule has 0 aliphatic heterocycles. The molecule has 0 aliphatic carbocycles. The van der Waals surface area contributed by atoms with Crippen LogP contribution in [0.25, 0.3) is 0 Å². The molecule has 13 heavy (non-hydrogen) atoms. The van der Waals surface area contributed by atoms with Crippen molar-refractivity contribution in [3.8, 4) is 0 Å². The van der Waals surface area contributed by atoms with Gasteiger partial charge in [-0.05, 0) is 19.3 Å². The summed E-state index contributed by atoms with van der Waals surface area (Å²) in [7, 11) is -2.97. The number of nitrogens with zero attached hydrogens (tertiary/aromatic N) is 1. The molecule has 0 amide bonds. The Kier molecular flexibility index (Phi) is 5.56. The molecule has 0 bridgehead atoms. The smallest absolute Gasteiger partial charge is 0.212 e. The van der Waals surface area contributed by atoms with Crippen LogP contribution >= 0.6 is 0 Å². The molecule has 0 aromatic rings. The lowest BCUT2D eigenvalue weighted by molar-refractivity contribution is 0.394. The van der Waals surface area contributed by atoms with E-state index in [0.29, 0.717) is 19.0 Å². The fourth-order valence-corrected chi connectivity index (χ4v) is 2.22. The van der Waals surface area contributed by atoms with Crippen LogP contribution in [0.1, 0.15) is 34.1 Å². The first-order valence-electron chi connectivity index (χ1n) is 4.91. The van der Waals surface area contributed by atoms with Crippen LogP contribution in [0.3, 0.4) is 0 Å². The highest BCUT2D eigenvalue weighted by molar-refractivity contribution is 7.89. The van der Waals surface area contributed by atoms with Crippen molar-refractivity contribution in [2.24, 2.45) is 5.92 Å². The second kappa shape index (κ2) is 5.60. The maximum atomic E-state index is 11.5. The van der Waals surface area contributed by atoms with Gasteiger partial charge in [-0.25, -0.2) is 12.7 Å². The third-order valence-electron chi connectivity index (χ3n) is 2.07. The fraction of sp³-hybridized carbons (Fsp3) is 1.00. The van der Waals surface area contributed by atoms with E-state index in [1.54, 1.807) is 11.2 Å². The number of hydrogen-bond acceptors (Lipinski definition) is 2. The van der Waals surface area contributed by atoms with Crippen LogP contribution in [0.5, 0.6) is 0 Å². The highest BCUT2D eigenvalue weighted by Crippen LogP contribution is 2.06. The standard InChI is InChI=1S/C9H21NO2S/c1-5-10(8-7-9(3)4)13(11,12)6-2/h9H,5-8H2,1-4H3. The normalized spacial score (nSPS) is 12.8. The van der Waals surface area contributed by atoms with Gasteiger partial charge >= 0.3 is 0 Å². The monoisotopic (exact) mass is 207 g/mol. The van der Waals surface area contributed by atoms with Crippen molar-refractivity contribution >= 4 is 10.0 Å². The summed E-state index contributed by atoms with van der Waals surface area (Å²) < 4.78 is 24.5. The number of rotatable bonds is 6. The summed E-state index contributed by atoms with van der Waals surface area (Å²) in [6.45, 7) is 9.02. The SMILES string of the molecule is CCN(CCC(C)C)S(=O)(=O)CC. The summed E-state index contributed by atoms with van der Waals surface area (Å²) in [6, 6.07) is 0. The Morgan fingerprint density at radius 1 is 1.23 bits per heavy atom. The molecule has 3 nitrogen and oxygen atoms in total. The van der Waals surface area contributed by atoms with E-state index in [4.69, 9.17) is 0 Å². The minimum atomic E-state index is -2.97. The van der Waals surface area contributed by atoms with Crippen LogP contribution in [0.15, 0.2) is 0 Å². The molecule has 0 saturated heterocycles. The molecule has 0 fully saturated rings. The van der Waals surface area contributed by atoms with Gasteiger partial charge in [0.05, 0.1) is 5.75 Å². The summed E-state index contributed by atoms with van der Waals surface area (Å²) >= 11 is 0. The summed E-state index contributed by atoms with van der Waals surface area (Å²) in [4.78, 5) is 0. The summed E-state index contributed by atoms with van der Waals surface area (Å²) in [5.41, 5.74) is 0. The lowest BCUT2D eigenvalue weighted by Crippen LogP contribution is -2.33. The van der Waals surface area contributed by atoms with Crippen molar-refractivity contribution in [1.82, 2.24) is 4.31 Å². The molecule has 80 valence electrons. The molecule has 0 unspecified atom stereocenters. The summed E-state index contributed by atoms with van der Waals surface area (Å²) in [6.07, 6.45) is 0.938. The third kappa shape index (κ3) is 4.62. The van der Waals surface area contributed by atoms with Crippen molar-refractivity contribution in [2.75, 3.05) is 18.8 Å². The van der Waals surface area contributed by atoms with E-state index >= 15 is 0 Å². The molecule has 0 radical (unpaired) electrons. The number of hydrogen-bond donors (Lipinski definition) is 0. The molecule has 0 atom stereocenters. The fourth-order valence-electron chi connectivity index (χ4n) is 1.08. The van der Waals surface area contributed by atoms with Crippen LogP contribution < -0.4 is 0 Å². The molecular weight excluding hydrogens is 186 g/mol. The van der Waals surface area contributed by atoms with Crippen molar-refractivity contribution in [1.29, 1.82) is 0 Å².